The zero-order valence-corrected chi connectivity index (χ0v) is 15.3. The Morgan fingerprint density at radius 2 is 1.83 bits per heavy atom. The predicted molar refractivity (Wildman–Crippen MR) is 97.0 cm³/mol. The van der Waals surface area contributed by atoms with Gasteiger partial charge in [0.05, 0.1) is 17.4 Å². The summed E-state index contributed by atoms with van der Waals surface area (Å²) in [5.41, 5.74) is 0.840. The van der Waals surface area contributed by atoms with Crippen LogP contribution in [0.1, 0.15) is 18.1 Å². The quantitative estimate of drug-likeness (QED) is 0.515. The van der Waals surface area contributed by atoms with E-state index in [0.29, 0.717) is 21.8 Å². The predicted octanol–water partition coefficient (Wildman–Crippen LogP) is 5.91. The van der Waals surface area contributed by atoms with E-state index in [2.05, 4.69) is 10.2 Å². The van der Waals surface area contributed by atoms with Gasteiger partial charge < -0.3 is 9.15 Å². The van der Waals surface area contributed by atoms with E-state index >= 15 is 0 Å². The second-order valence-corrected chi connectivity index (χ2v) is 7.24. The van der Waals surface area contributed by atoms with Crippen molar-refractivity contribution < 1.29 is 9.15 Å². The maximum absolute atomic E-state index is 6.20. The summed E-state index contributed by atoms with van der Waals surface area (Å²) in [5.74, 6) is 1.78. The van der Waals surface area contributed by atoms with Gasteiger partial charge in [-0.3, -0.25) is 0 Å². The second kappa shape index (κ2) is 7.47. The summed E-state index contributed by atoms with van der Waals surface area (Å²) in [7, 11) is 1.62. The Balaban J connectivity index is 1.77. The van der Waals surface area contributed by atoms with Gasteiger partial charge in [0.25, 0.3) is 0 Å². The lowest BCUT2D eigenvalue weighted by Crippen LogP contribution is -1.89. The van der Waals surface area contributed by atoms with E-state index in [1.807, 2.05) is 37.3 Å². The van der Waals surface area contributed by atoms with Crippen LogP contribution in [0.5, 0.6) is 5.75 Å². The Morgan fingerprint density at radius 3 is 2.54 bits per heavy atom. The van der Waals surface area contributed by atoms with Crippen molar-refractivity contribution in [1.82, 2.24) is 10.2 Å². The van der Waals surface area contributed by atoms with E-state index < -0.39 is 0 Å². The van der Waals surface area contributed by atoms with Crippen LogP contribution in [-0.4, -0.2) is 17.3 Å². The number of halogens is 2. The summed E-state index contributed by atoms with van der Waals surface area (Å²) < 4.78 is 10.9. The van der Waals surface area contributed by atoms with Crippen LogP contribution in [-0.2, 0) is 0 Å². The summed E-state index contributed by atoms with van der Waals surface area (Å²) in [6, 6.07) is 12.8. The summed E-state index contributed by atoms with van der Waals surface area (Å²) in [6.45, 7) is 1.98. The number of nitrogens with zero attached hydrogens (tertiary/aromatic N) is 2. The Bertz CT molecular complexity index is 837. The Labute approximate surface area is 154 Å². The third-order valence-electron chi connectivity index (χ3n) is 3.32. The summed E-state index contributed by atoms with van der Waals surface area (Å²) in [5, 5.41) is 9.48. The van der Waals surface area contributed by atoms with Crippen LogP contribution in [0.15, 0.2) is 51.8 Å². The van der Waals surface area contributed by atoms with E-state index in [1.54, 1.807) is 19.2 Å². The molecule has 1 aromatic heterocycles. The molecule has 124 valence electrons. The molecule has 0 aliphatic rings. The Kier molecular flexibility index (Phi) is 5.33. The molecule has 1 heterocycles. The number of ether oxygens (including phenoxy) is 1. The topological polar surface area (TPSA) is 48.2 Å². The average Bonchev–Trinajstić information content (AvgIpc) is 3.08. The van der Waals surface area contributed by atoms with Gasteiger partial charge in [0.2, 0.25) is 11.8 Å². The fourth-order valence-corrected chi connectivity index (χ4v) is 3.50. The van der Waals surface area contributed by atoms with Crippen LogP contribution in [0.3, 0.4) is 0 Å². The highest BCUT2D eigenvalue weighted by Crippen LogP contribution is 2.39. The van der Waals surface area contributed by atoms with Crippen LogP contribution in [0.25, 0.3) is 11.5 Å². The smallest absolute Gasteiger partial charge is 0.247 e. The van der Waals surface area contributed by atoms with Crippen LogP contribution in [0.4, 0.5) is 0 Å². The number of hydrogen-bond donors (Lipinski definition) is 0. The number of rotatable bonds is 5. The molecule has 0 fully saturated rings. The van der Waals surface area contributed by atoms with Gasteiger partial charge in [-0.2, -0.15) is 0 Å². The van der Waals surface area contributed by atoms with E-state index in [0.717, 1.165) is 16.2 Å². The molecule has 0 amide bonds. The van der Waals surface area contributed by atoms with Gasteiger partial charge in [0.1, 0.15) is 5.75 Å². The molecule has 4 nitrogen and oxygen atoms in total. The molecule has 0 aliphatic heterocycles. The molecule has 0 spiro atoms. The first-order chi connectivity index (χ1) is 11.6. The lowest BCUT2D eigenvalue weighted by atomic mass is 10.2. The molecule has 0 N–H and O–H groups in total. The van der Waals surface area contributed by atoms with Crippen molar-refractivity contribution in [2.45, 2.75) is 17.1 Å². The zero-order valence-electron chi connectivity index (χ0n) is 13.0. The lowest BCUT2D eigenvalue weighted by molar-refractivity contribution is 0.415. The third kappa shape index (κ3) is 3.86. The average molecular weight is 381 g/mol. The number of thioether (sulfide) groups is 1. The highest BCUT2D eigenvalue weighted by atomic mass is 35.5. The van der Waals surface area contributed by atoms with Crippen molar-refractivity contribution in [3.63, 3.8) is 0 Å². The molecule has 1 atom stereocenters. The second-order valence-electron chi connectivity index (χ2n) is 5.01. The van der Waals surface area contributed by atoms with Crippen molar-refractivity contribution in [3.05, 3.63) is 58.4 Å². The minimum absolute atomic E-state index is 0.0551. The van der Waals surface area contributed by atoms with Gasteiger partial charge in [0.15, 0.2) is 0 Å². The molecule has 0 saturated carbocycles. The monoisotopic (exact) mass is 380 g/mol. The molecule has 3 rings (SSSR count). The van der Waals surface area contributed by atoms with Crippen molar-refractivity contribution in [1.29, 1.82) is 0 Å². The summed E-state index contributed by atoms with van der Waals surface area (Å²) in [4.78, 5) is 0.876. The first-order valence-electron chi connectivity index (χ1n) is 7.16. The van der Waals surface area contributed by atoms with E-state index in [1.165, 1.54) is 11.8 Å². The molecule has 0 radical (unpaired) electrons. The van der Waals surface area contributed by atoms with Gasteiger partial charge >= 0.3 is 0 Å². The van der Waals surface area contributed by atoms with Crippen molar-refractivity contribution in [3.8, 4) is 17.2 Å². The van der Waals surface area contributed by atoms with E-state index in [-0.39, 0.29) is 5.25 Å². The molecular weight excluding hydrogens is 367 g/mol. The summed E-state index contributed by atoms with van der Waals surface area (Å²) in [6.07, 6.45) is 0. The first-order valence-corrected chi connectivity index (χ1v) is 8.80. The third-order valence-corrected chi connectivity index (χ3v) is 5.15. The zero-order chi connectivity index (χ0) is 17.1. The largest absolute Gasteiger partial charge is 0.497 e. The van der Waals surface area contributed by atoms with Gasteiger partial charge in [-0.15, -0.1) is 22.0 Å². The minimum atomic E-state index is -0.0551. The fourth-order valence-electron chi connectivity index (χ4n) is 2.06. The molecule has 3 aromatic rings. The van der Waals surface area contributed by atoms with Gasteiger partial charge in [-0.25, -0.2) is 0 Å². The molecule has 0 saturated heterocycles. The highest BCUT2D eigenvalue weighted by Gasteiger charge is 2.17. The van der Waals surface area contributed by atoms with E-state index in [9.17, 15) is 0 Å². The molecule has 24 heavy (non-hydrogen) atoms. The Hall–Kier alpha value is -1.69. The molecule has 0 unspecified atom stereocenters. The number of hydrogen-bond acceptors (Lipinski definition) is 5. The molecule has 2 aromatic carbocycles. The van der Waals surface area contributed by atoms with Crippen LogP contribution >= 0.6 is 35.0 Å². The standard InChI is InChI=1S/C17H14Cl2N2O2S/c1-10(24-15-9-12(18)5-8-14(15)19)16-20-21-17(23-16)11-3-6-13(22-2)7-4-11/h3-10H,1-2H3/t10-/m1/s1. The molecular formula is C17H14Cl2N2O2S. The number of benzene rings is 2. The summed E-state index contributed by atoms with van der Waals surface area (Å²) >= 11 is 13.7. The normalized spacial score (nSPS) is 12.2. The van der Waals surface area contributed by atoms with Crippen molar-refractivity contribution >= 4 is 35.0 Å². The first kappa shape index (κ1) is 17.1. The lowest BCUT2D eigenvalue weighted by Gasteiger charge is -2.08. The van der Waals surface area contributed by atoms with Gasteiger partial charge in [-0.1, -0.05) is 23.2 Å². The van der Waals surface area contributed by atoms with Crippen LogP contribution < -0.4 is 4.74 Å². The highest BCUT2D eigenvalue weighted by molar-refractivity contribution is 7.99. The minimum Gasteiger partial charge on any atom is -0.497 e. The molecule has 0 bridgehead atoms. The maximum atomic E-state index is 6.20. The molecule has 7 heteroatoms. The Morgan fingerprint density at radius 1 is 1.08 bits per heavy atom. The number of aromatic nitrogens is 2. The van der Waals surface area contributed by atoms with Crippen LogP contribution in [0, 0.1) is 0 Å². The maximum Gasteiger partial charge on any atom is 0.247 e. The van der Waals surface area contributed by atoms with Crippen LogP contribution in [0.2, 0.25) is 10.0 Å². The molecule has 0 aliphatic carbocycles. The van der Waals surface area contributed by atoms with Crippen molar-refractivity contribution in [2.75, 3.05) is 7.11 Å². The van der Waals surface area contributed by atoms with Gasteiger partial charge in [0, 0.05) is 15.5 Å². The number of methoxy groups -OCH3 is 1. The SMILES string of the molecule is COc1ccc(-c2nnc([C@@H](C)Sc3cc(Cl)ccc3Cl)o2)cc1. The van der Waals surface area contributed by atoms with Gasteiger partial charge in [-0.05, 0) is 49.4 Å². The van der Waals surface area contributed by atoms with Crippen molar-refractivity contribution in [2.24, 2.45) is 0 Å². The fraction of sp³-hybridized carbons (Fsp3) is 0.176. The van der Waals surface area contributed by atoms with E-state index in [4.69, 9.17) is 32.4 Å².